The lowest BCUT2D eigenvalue weighted by molar-refractivity contribution is 0.0688. The number of phenolic OH excluding ortho intramolecular Hbond substituents is 2. The molecule has 1 aliphatic rings. The Labute approximate surface area is 148 Å². The predicted molar refractivity (Wildman–Crippen MR) is 97.9 cm³/mol. The van der Waals surface area contributed by atoms with E-state index in [2.05, 4.69) is 13.8 Å². The van der Waals surface area contributed by atoms with Gasteiger partial charge in [-0.05, 0) is 68.9 Å². The number of aryl methyl sites for hydroxylation is 2. The third-order valence-corrected chi connectivity index (χ3v) is 5.15. The monoisotopic (exact) mass is 339 g/mol. The van der Waals surface area contributed by atoms with Crippen LogP contribution < -0.4 is 0 Å². The number of carbonyl (C=O) groups is 1. The molecule has 4 heteroatoms. The fourth-order valence-corrected chi connectivity index (χ4v) is 3.71. The maximum absolute atomic E-state index is 13.1. The van der Waals surface area contributed by atoms with Gasteiger partial charge in [0, 0.05) is 12.1 Å². The van der Waals surface area contributed by atoms with Crippen LogP contribution in [0.15, 0.2) is 42.5 Å². The summed E-state index contributed by atoms with van der Waals surface area (Å²) in [5, 5.41) is 19.7. The van der Waals surface area contributed by atoms with Gasteiger partial charge >= 0.3 is 0 Å². The summed E-state index contributed by atoms with van der Waals surface area (Å²) in [7, 11) is 0. The van der Waals surface area contributed by atoms with E-state index in [4.69, 9.17) is 0 Å². The highest BCUT2D eigenvalue weighted by molar-refractivity contribution is 5.98. The highest BCUT2D eigenvalue weighted by Gasteiger charge is 2.33. The van der Waals surface area contributed by atoms with Crippen molar-refractivity contribution >= 4 is 5.91 Å². The Hall–Kier alpha value is -2.49. The fraction of sp³-hybridized carbons (Fsp3) is 0.381. The largest absolute Gasteiger partial charge is 0.508 e. The van der Waals surface area contributed by atoms with Crippen molar-refractivity contribution in [1.29, 1.82) is 0 Å². The molecule has 2 atom stereocenters. The van der Waals surface area contributed by atoms with Gasteiger partial charge in [0.15, 0.2) is 0 Å². The summed E-state index contributed by atoms with van der Waals surface area (Å²) < 4.78 is 0. The van der Waals surface area contributed by atoms with Gasteiger partial charge in [-0.25, -0.2) is 0 Å². The van der Waals surface area contributed by atoms with Gasteiger partial charge in [0.05, 0.1) is 5.56 Å². The van der Waals surface area contributed by atoms with Gasteiger partial charge in [-0.2, -0.15) is 0 Å². The SMILES string of the molecule is CC1CCC(C)N1C(=O)c1c(O)cccc1CCc1ccc(O)cc1. The highest BCUT2D eigenvalue weighted by Crippen LogP contribution is 2.30. The number of aromatic hydroxyl groups is 2. The van der Waals surface area contributed by atoms with Crippen molar-refractivity contribution in [2.24, 2.45) is 0 Å². The molecule has 0 aliphatic carbocycles. The lowest BCUT2D eigenvalue weighted by Gasteiger charge is -2.27. The standard InChI is InChI=1S/C21H25NO3/c1-14-6-7-15(2)22(14)21(25)20-17(4-3-5-19(20)24)11-8-16-9-12-18(23)13-10-16/h3-5,9-10,12-15,23-24H,6-8,11H2,1-2H3. The molecule has 2 unspecified atom stereocenters. The van der Waals surface area contributed by atoms with Gasteiger partial charge in [-0.1, -0.05) is 24.3 Å². The van der Waals surface area contributed by atoms with Crippen LogP contribution in [0.1, 0.15) is 48.2 Å². The van der Waals surface area contributed by atoms with Gasteiger partial charge in [-0.3, -0.25) is 4.79 Å². The zero-order chi connectivity index (χ0) is 18.0. The third kappa shape index (κ3) is 3.63. The summed E-state index contributed by atoms with van der Waals surface area (Å²) in [6.07, 6.45) is 3.42. The van der Waals surface area contributed by atoms with Gasteiger partial charge in [0.2, 0.25) is 0 Å². The predicted octanol–water partition coefficient (Wildman–Crippen LogP) is 3.90. The number of phenols is 2. The van der Waals surface area contributed by atoms with Gasteiger partial charge in [0.1, 0.15) is 11.5 Å². The second-order valence-electron chi connectivity index (χ2n) is 6.97. The second-order valence-corrected chi connectivity index (χ2v) is 6.97. The van der Waals surface area contributed by atoms with Gasteiger partial charge < -0.3 is 15.1 Å². The number of likely N-dealkylation sites (tertiary alicyclic amines) is 1. The second kappa shape index (κ2) is 7.18. The number of rotatable bonds is 4. The van der Waals surface area contributed by atoms with Crippen LogP contribution in [-0.2, 0) is 12.8 Å². The molecule has 0 aromatic heterocycles. The van der Waals surface area contributed by atoms with E-state index < -0.39 is 0 Å². The molecule has 1 heterocycles. The van der Waals surface area contributed by atoms with Crippen LogP contribution in [0.2, 0.25) is 0 Å². The summed E-state index contributed by atoms with van der Waals surface area (Å²) >= 11 is 0. The Balaban J connectivity index is 1.84. The molecular weight excluding hydrogens is 314 g/mol. The van der Waals surface area contributed by atoms with Crippen LogP contribution in [0.4, 0.5) is 0 Å². The molecule has 1 aliphatic heterocycles. The Kier molecular flexibility index (Phi) is 4.98. The zero-order valence-electron chi connectivity index (χ0n) is 14.8. The zero-order valence-corrected chi connectivity index (χ0v) is 14.8. The van der Waals surface area contributed by atoms with E-state index in [0.717, 1.165) is 30.4 Å². The summed E-state index contributed by atoms with van der Waals surface area (Å²) in [6, 6.07) is 12.8. The molecule has 0 saturated carbocycles. The molecular formula is C21H25NO3. The quantitative estimate of drug-likeness (QED) is 0.888. The van der Waals surface area contributed by atoms with Crippen molar-refractivity contribution in [3.8, 4) is 11.5 Å². The molecule has 1 amide bonds. The molecule has 2 N–H and O–H groups in total. The number of hydrogen-bond donors (Lipinski definition) is 2. The highest BCUT2D eigenvalue weighted by atomic mass is 16.3. The van der Waals surface area contributed by atoms with E-state index in [9.17, 15) is 15.0 Å². The molecule has 1 fully saturated rings. The molecule has 132 valence electrons. The first kappa shape index (κ1) is 17.3. The smallest absolute Gasteiger partial charge is 0.258 e. The minimum absolute atomic E-state index is 0.0551. The van der Waals surface area contributed by atoms with Crippen molar-refractivity contribution in [3.05, 3.63) is 59.2 Å². The van der Waals surface area contributed by atoms with Gasteiger partial charge in [0.25, 0.3) is 5.91 Å². The summed E-state index contributed by atoms with van der Waals surface area (Å²) in [5.41, 5.74) is 2.38. The summed E-state index contributed by atoms with van der Waals surface area (Å²) in [5.74, 6) is 0.227. The number of carbonyl (C=O) groups excluding carboxylic acids is 1. The average molecular weight is 339 g/mol. The van der Waals surface area contributed by atoms with Crippen LogP contribution in [0.25, 0.3) is 0 Å². The van der Waals surface area contributed by atoms with Crippen LogP contribution in [0.3, 0.4) is 0 Å². The Morgan fingerprint density at radius 1 is 1.00 bits per heavy atom. The van der Waals surface area contributed by atoms with E-state index in [-0.39, 0.29) is 29.5 Å². The number of benzene rings is 2. The molecule has 3 rings (SSSR count). The molecule has 0 radical (unpaired) electrons. The maximum atomic E-state index is 13.1. The van der Waals surface area contributed by atoms with Crippen molar-refractivity contribution < 1.29 is 15.0 Å². The number of nitrogens with zero attached hydrogens (tertiary/aromatic N) is 1. The van der Waals surface area contributed by atoms with Crippen molar-refractivity contribution in [1.82, 2.24) is 4.90 Å². The van der Waals surface area contributed by atoms with Gasteiger partial charge in [-0.15, -0.1) is 0 Å². The van der Waals surface area contributed by atoms with E-state index in [1.807, 2.05) is 23.1 Å². The first-order valence-electron chi connectivity index (χ1n) is 8.89. The molecule has 0 spiro atoms. The Bertz CT molecular complexity index is 744. The molecule has 2 aromatic carbocycles. The van der Waals surface area contributed by atoms with Crippen LogP contribution in [-0.4, -0.2) is 33.1 Å². The fourth-order valence-electron chi connectivity index (χ4n) is 3.71. The molecule has 25 heavy (non-hydrogen) atoms. The Morgan fingerprint density at radius 3 is 2.28 bits per heavy atom. The summed E-state index contributed by atoms with van der Waals surface area (Å²) in [6.45, 7) is 4.13. The van der Waals surface area contributed by atoms with E-state index in [1.54, 1.807) is 24.3 Å². The van der Waals surface area contributed by atoms with E-state index in [1.165, 1.54) is 0 Å². The molecule has 0 bridgehead atoms. The van der Waals surface area contributed by atoms with E-state index in [0.29, 0.717) is 12.0 Å². The average Bonchev–Trinajstić information content (AvgIpc) is 2.92. The minimum atomic E-state index is -0.0729. The van der Waals surface area contributed by atoms with Crippen molar-refractivity contribution in [2.75, 3.05) is 0 Å². The normalized spacial score (nSPS) is 20.0. The van der Waals surface area contributed by atoms with Crippen molar-refractivity contribution in [3.63, 3.8) is 0 Å². The maximum Gasteiger partial charge on any atom is 0.258 e. The molecule has 2 aromatic rings. The van der Waals surface area contributed by atoms with Crippen LogP contribution >= 0.6 is 0 Å². The van der Waals surface area contributed by atoms with Crippen molar-refractivity contribution in [2.45, 2.75) is 51.6 Å². The third-order valence-electron chi connectivity index (χ3n) is 5.15. The van der Waals surface area contributed by atoms with Crippen LogP contribution in [0, 0.1) is 0 Å². The number of hydrogen-bond acceptors (Lipinski definition) is 3. The Morgan fingerprint density at radius 2 is 1.64 bits per heavy atom. The number of amides is 1. The van der Waals surface area contributed by atoms with E-state index >= 15 is 0 Å². The topological polar surface area (TPSA) is 60.8 Å². The summed E-state index contributed by atoms with van der Waals surface area (Å²) in [4.78, 5) is 15.0. The lowest BCUT2D eigenvalue weighted by atomic mass is 9.97. The molecule has 1 saturated heterocycles. The first-order chi connectivity index (χ1) is 12.0. The first-order valence-corrected chi connectivity index (χ1v) is 8.89. The minimum Gasteiger partial charge on any atom is -0.508 e. The van der Waals surface area contributed by atoms with Crippen LogP contribution in [0.5, 0.6) is 11.5 Å². The molecule has 4 nitrogen and oxygen atoms in total. The lowest BCUT2D eigenvalue weighted by Crippen LogP contribution is -2.39.